The lowest BCUT2D eigenvalue weighted by molar-refractivity contribution is -0.0775. The Kier molecular flexibility index (Phi) is 5.14. The molecular weight excluding hydrogens is 200 g/mol. The fraction of sp³-hybridized carbons (Fsp3) is 0.700. The van der Waals surface area contributed by atoms with Crippen molar-refractivity contribution in [2.24, 2.45) is 0 Å². The number of rotatable bonds is 4. The maximum Gasteiger partial charge on any atom is 0.513 e. The molecule has 5 heteroatoms. The standard InChI is InChI=1S/C10H16O5/c1-12-7-14-8-5-3-4-6-9(8)15-10(11)13-2/h6,8H,3-5,7H2,1-2H3. The summed E-state index contributed by atoms with van der Waals surface area (Å²) in [5.41, 5.74) is 0. The van der Waals surface area contributed by atoms with Crippen molar-refractivity contribution in [1.29, 1.82) is 0 Å². The summed E-state index contributed by atoms with van der Waals surface area (Å²) in [6, 6.07) is 0. The summed E-state index contributed by atoms with van der Waals surface area (Å²) in [7, 11) is 2.82. The van der Waals surface area contributed by atoms with Crippen molar-refractivity contribution in [1.82, 2.24) is 0 Å². The normalized spacial score (nSPS) is 20.7. The van der Waals surface area contributed by atoms with E-state index in [1.807, 2.05) is 6.08 Å². The molecule has 0 aliphatic heterocycles. The first-order chi connectivity index (χ1) is 7.27. The van der Waals surface area contributed by atoms with Crippen LogP contribution in [0.5, 0.6) is 0 Å². The number of hydrogen-bond acceptors (Lipinski definition) is 5. The summed E-state index contributed by atoms with van der Waals surface area (Å²) in [4.78, 5) is 10.9. The van der Waals surface area contributed by atoms with Crippen molar-refractivity contribution in [3.63, 3.8) is 0 Å². The van der Waals surface area contributed by atoms with Gasteiger partial charge in [-0.3, -0.25) is 0 Å². The van der Waals surface area contributed by atoms with Crippen LogP contribution < -0.4 is 0 Å². The van der Waals surface area contributed by atoms with Crippen LogP contribution in [0.25, 0.3) is 0 Å². The predicted molar refractivity (Wildman–Crippen MR) is 52.2 cm³/mol. The average Bonchev–Trinajstić information content (AvgIpc) is 2.28. The highest BCUT2D eigenvalue weighted by Crippen LogP contribution is 2.22. The molecule has 0 aromatic rings. The van der Waals surface area contributed by atoms with Gasteiger partial charge >= 0.3 is 6.16 Å². The molecule has 0 saturated carbocycles. The first kappa shape index (κ1) is 12.0. The average molecular weight is 216 g/mol. The maximum absolute atomic E-state index is 10.9. The van der Waals surface area contributed by atoms with Crippen LogP contribution in [0.4, 0.5) is 4.79 Å². The molecule has 1 aliphatic carbocycles. The van der Waals surface area contributed by atoms with E-state index in [1.165, 1.54) is 7.11 Å². The van der Waals surface area contributed by atoms with Crippen LogP contribution in [-0.2, 0) is 18.9 Å². The second-order valence-electron chi connectivity index (χ2n) is 3.16. The molecular formula is C10H16O5. The van der Waals surface area contributed by atoms with Crippen molar-refractivity contribution in [2.75, 3.05) is 21.0 Å². The van der Waals surface area contributed by atoms with Gasteiger partial charge in [0.25, 0.3) is 0 Å². The zero-order valence-corrected chi connectivity index (χ0v) is 9.02. The molecule has 15 heavy (non-hydrogen) atoms. The van der Waals surface area contributed by atoms with Gasteiger partial charge in [-0.2, -0.15) is 0 Å². The highest BCUT2D eigenvalue weighted by Gasteiger charge is 2.22. The third kappa shape index (κ3) is 3.89. The molecule has 0 bridgehead atoms. The van der Waals surface area contributed by atoms with Crippen molar-refractivity contribution in [2.45, 2.75) is 25.4 Å². The zero-order chi connectivity index (χ0) is 11.1. The molecule has 86 valence electrons. The molecule has 1 rings (SSSR count). The van der Waals surface area contributed by atoms with Gasteiger partial charge in [0.1, 0.15) is 18.7 Å². The molecule has 0 amide bonds. The van der Waals surface area contributed by atoms with Crippen LogP contribution in [0.15, 0.2) is 11.8 Å². The molecule has 1 unspecified atom stereocenters. The molecule has 0 fully saturated rings. The molecule has 0 aromatic heterocycles. The molecule has 0 aromatic carbocycles. The SMILES string of the molecule is COCOC1CCCC=C1OC(=O)OC. The first-order valence-corrected chi connectivity index (χ1v) is 4.84. The Morgan fingerprint density at radius 2 is 2.33 bits per heavy atom. The molecule has 0 radical (unpaired) electrons. The van der Waals surface area contributed by atoms with Gasteiger partial charge in [-0.05, 0) is 25.3 Å². The highest BCUT2D eigenvalue weighted by molar-refractivity contribution is 5.61. The van der Waals surface area contributed by atoms with Crippen LogP contribution in [0.2, 0.25) is 0 Å². The van der Waals surface area contributed by atoms with Gasteiger partial charge in [0.2, 0.25) is 0 Å². The lowest BCUT2D eigenvalue weighted by Gasteiger charge is -2.22. The molecule has 0 heterocycles. The topological polar surface area (TPSA) is 54.0 Å². The van der Waals surface area contributed by atoms with E-state index in [0.29, 0.717) is 5.76 Å². The van der Waals surface area contributed by atoms with E-state index in [1.54, 1.807) is 7.11 Å². The van der Waals surface area contributed by atoms with E-state index in [-0.39, 0.29) is 12.9 Å². The Bertz CT molecular complexity index is 236. The first-order valence-electron chi connectivity index (χ1n) is 4.84. The van der Waals surface area contributed by atoms with Crippen molar-refractivity contribution in [3.8, 4) is 0 Å². The molecule has 1 atom stereocenters. The quantitative estimate of drug-likeness (QED) is 0.530. The van der Waals surface area contributed by atoms with E-state index < -0.39 is 6.16 Å². The van der Waals surface area contributed by atoms with Crippen molar-refractivity contribution in [3.05, 3.63) is 11.8 Å². The van der Waals surface area contributed by atoms with Gasteiger partial charge in [-0.25, -0.2) is 4.79 Å². The van der Waals surface area contributed by atoms with Crippen LogP contribution in [0.3, 0.4) is 0 Å². The monoisotopic (exact) mass is 216 g/mol. The van der Waals surface area contributed by atoms with Gasteiger partial charge in [0, 0.05) is 7.11 Å². The largest absolute Gasteiger partial charge is 0.513 e. The molecule has 0 saturated heterocycles. The summed E-state index contributed by atoms with van der Waals surface area (Å²) in [6.45, 7) is 0.187. The van der Waals surface area contributed by atoms with E-state index in [9.17, 15) is 4.79 Å². The molecule has 5 nitrogen and oxygen atoms in total. The van der Waals surface area contributed by atoms with Crippen molar-refractivity contribution >= 4 is 6.16 Å². The lowest BCUT2D eigenvalue weighted by Crippen LogP contribution is -2.23. The Balaban J connectivity index is 2.49. The summed E-state index contributed by atoms with van der Waals surface area (Å²) in [5.74, 6) is 0.519. The summed E-state index contributed by atoms with van der Waals surface area (Å²) >= 11 is 0. The third-order valence-electron chi connectivity index (χ3n) is 2.09. The van der Waals surface area contributed by atoms with Gasteiger partial charge in [0.15, 0.2) is 0 Å². The fourth-order valence-corrected chi connectivity index (χ4v) is 1.38. The second kappa shape index (κ2) is 6.42. The Labute approximate surface area is 88.9 Å². The third-order valence-corrected chi connectivity index (χ3v) is 2.09. The van der Waals surface area contributed by atoms with Crippen LogP contribution in [0.1, 0.15) is 19.3 Å². The molecule has 1 aliphatic rings. The highest BCUT2D eigenvalue weighted by atomic mass is 16.7. The fourth-order valence-electron chi connectivity index (χ4n) is 1.38. The number of allylic oxidation sites excluding steroid dienone is 1. The Hall–Kier alpha value is -1.07. The Morgan fingerprint density at radius 1 is 1.53 bits per heavy atom. The van der Waals surface area contributed by atoms with Gasteiger partial charge in [-0.15, -0.1) is 0 Å². The van der Waals surface area contributed by atoms with Gasteiger partial charge in [0.05, 0.1) is 7.11 Å². The maximum atomic E-state index is 10.9. The summed E-state index contributed by atoms with van der Waals surface area (Å²) in [6.07, 6.45) is 3.65. The molecule has 0 N–H and O–H groups in total. The summed E-state index contributed by atoms with van der Waals surface area (Å²) in [5, 5.41) is 0. The zero-order valence-electron chi connectivity index (χ0n) is 9.02. The van der Waals surface area contributed by atoms with E-state index in [2.05, 4.69) is 4.74 Å². The lowest BCUT2D eigenvalue weighted by atomic mass is 10.0. The summed E-state index contributed by atoms with van der Waals surface area (Å²) < 4.78 is 19.6. The minimum Gasteiger partial charge on any atom is -0.437 e. The number of carbonyl (C=O) groups excluding carboxylic acids is 1. The van der Waals surface area contributed by atoms with Crippen LogP contribution in [-0.4, -0.2) is 33.3 Å². The van der Waals surface area contributed by atoms with Gasteiger partial charge < -0.3 is 18.9 Å². The second-order valence-corrected chi connectivity index (χ2v) is 3.16. The number of ether oxygens (including phenoxy) is 4. The van der Waals surface area contributed by atoms with Crippen molar-refractivity contribution < 1.29 is 23.7 Å². The minimum absolute atomic E-state index is 0.187. The smallest absolute Gasteiger partial charge is 0.437 e. The number of hydrogen-bond donors (Lipinski definition) is 0. The van der Waals surface area contributed by atoms with Crippen LogP contribution in [0, 0.1) is 0 Å². The molecule has 0 spiro atoms. The van der Waals surface area contributed by atoms with E-state index >= 15 is 0 Å². The van der Waals surface area contributed by atoms with E-state index in [4.69, 9.17) is 14.2 Å². The number of methoxy groups -OCH3 is 2. The minimum atomic E-state index is -0.714. The van der Waals surface area contributed by atoms with Gasteiger partial charge in [-0.1, -0.05) is 0 Å². The predicted octanol–water partition coefficient (Wildman–Crippen LogP) is 1.83. The number of carbonyl (C=O) groups is 1. The Morgan fingerprint density at radius 3 is 3.00 bits per heavy atom. The van der Waals surface area contributed by atoms with Crippen LogP contribution >= 0.6 is 0 Å². The van der Waals surface area contributed by atoms with E-state index in [0.717, 1.165) is 19.3 Å².